The smallest absolute Gasteiger partial charge is 0.308 e. The lowest BCUT2D eigenvalue weighted by molar-refractivity contribution is -0.150. The first kappa shape index (κ1) is 17.1. The topological polar surface area (TPSA) is 65.1 Å². The number of ether oxygens (including phenoxy) is 3. The molecule has 1 aliphatic rings. The monoisotopic (exact) mass is 321 g/mol. The van der Waals surface area contributed by atoms with Crippen LogP contribution in [0.15, 0.2) is 24.3 Å². The minimum atomic E-state index is -0.571. The van der Waals surface area contributed by atoms with E-state index in [0.717, 1.165) is 5.75 Å². The third-order valence-electron chi connectivity index (χ3n) is 4.06. The first-order chi connectivity index (χ1) is 11.0. The first-order valence-corrected chi connectivity index (χ1v) is 7.72. The molecule has 1 atom stereocenters. The predicted octanol–water partition coefficient (Wildman–Crippen LogP) is 1.87. The van der Waals surface area contributed by atoms with E-state index in [2.05, 4.69) is 0 Å². The fraction of sp³-hybridized carbons (Fsp3) is 0.529. The van der Waals surface area contributed by atoms with Crippen molar-refractivity contribution in [2.45, 2.75) is 25.9 Å². The van der Waals surface area contributed by atoms with Gasteiger partial charge < -0.3 is 19.1 Å². The van der Waals surface area contributed by atoms with Crippen molar-refractivity contribution < 1.29 is 23.8 Å². The van der Waals surface area contributed by atoms with Crippen molar-refractivity contribution in [3.63, 3.8) is 0 Å². The van der Waals surface area contributed by atoms with Gasteiger partial charge in [-0.25, -0.2) is 0 Å². The molecule has 126 valence electrons. The van der Waals surface area contributed by atoms with Crippen molar-refractivity contribution >= 4 is 11.9 Å². The van der Waals surface area contributed by atoms with Gasteiger partial charge in [0.05, 0.1) is 20.1 Å². The number of piperidine rings is 1. The Bertz CT molecular complexity index is 534. The second-order valence-corrected chi connectivity index (χ2v) is 5.56. The number of nitrogens with zero attached hydrogens (tertiary/aromatic N) is 1. The van der Waals surface area contributed by atoms with Gasteiger partial charge in [0, 0.05) is 13.1 Å². The normalized spacial score (nSPS) is 16.6. The average Bonchev–Trinajstić information content (AvgIpc) is 2.61. The number of hydrogen-bond acceptors (Lipinski definition) is 5. The van der Waals surface area contributed by atoms with Crippen LogP contribution in [0.5, 0.6) is 11.5 Å². The maximum absolute atomic E-state index is 12.4. The Morgan fingerprint density at radius 2 is 1.65 bits per heavy atom. The molecule has 1 saturated heterocycles. The molecule has 6 heteroatoms. The summed E-state index contributed by atoms with van der Waals surface area (Å²) in [7, 11) is 2.99. The lowest BCUT2D eigenvalue weighted by Gasteiger charge is -2.32. The Morgan fingerprint density at radius 3 is 2.17 bits per heavy atom. The zero-order valence-electron chi connectivity index (χ0n) is 13.8. The van der Waals surface area contributed by atoms with E-state index in [0.29, 0.717) is 31.7 Å². The van der Waals surface area contributed by atoms with Crippen molar-refractivity contribution in [1.29, 1.82) is 0 Å². The number of rotatable bonds is 5. The van der Waals surface area contributed by atoms with Gasteiger partial charge in [-0.3, -0.25) is 9.59 Å². The van der Waals surface area contributed by atoms with Crippen molar-refractivity contribution in [1.82, 2.24) is 4.90 Å². The maximum Gasteiger partial charge on any atom is 0.308 e. The second-order valence-electron chi connectivity index (χ2n) is 5.56. The number of esters is 1. The zero-order chi connectivity index (χ0) is 16.8. The summed E-state index contributed by atoms with van der Waals surface area (Å²) >= 11 is 0. The lowest BCUT2D eigenvalue weighted by Crippen LogP contribution is -2.45. The Hall–Kier alpha value is -2.24. The zero-order valence-corrected chi connectivity index (χ0v) is 13.8. The summed E-state index contributed by atoms with van der Waals surface area (Å²) in [4.78, 5) is 25.7. The Morgan fingerprint density at radius 1 is 1.09 bits per heavy atom. The van der Waals surface area contributed by atoms with E-state index in [-0.39, 0.29) is 17.8 Å². The summed E-state index contributed by atoms with van der Waals surface area (Å²) in [5, 5.41) is 0. The summed E-state index contributed by atoms with van der Waals surface area (Å²) in [6.45, 7) is 2.84. The van der Waals surface area contributed by atoms with E-state index >= 15 is 0 Å². The molecule has 1 aromatic carbocycles. The lowest BCUT2D eigenvalue weighted by atomic mass is 9.97. The maximum atomic E-state index is 12.4. The number of likely N-dealkylation sites (tertiary alicyclic amines) is 1. The summed E-state index contributed by atoms with van der Waals surface area (Å²) < 4.78 is 15.5. The van der Waals surface area contributed by atoms with Gasteiger partial charge in [-0.2, -0.15) is 0 Å². The Balaban J connectivity index is 1.86. The molecular formula is C17H23NO5. The van der Waals surface area contributed by atoms with Gasteiger partial charge in [0.2, 0.25) is 0 Å². The Kier molecular flexibility index (Phi) is 5.84. The van der Waals surface area contributed by atoms with Gasteiger partial charge in [0.1, 0.15) is 11.5 Å². The molecule has 0 aliphatic carbocycles. The SMILES string of the molecule is COC(=O)C1CCN(C(=O)[C@@H](C)Oc2ccc(OC)cc2)CC1. The molecule has 0 saturated carbocycles. The summed E-state index contributed by atoms with van der Waals surface area (Å²) in [5.74, 6) is 0.989. The fourth-order valence-electron chi connectivity index (χ4n) is 2.67. The van der Waals surface area contributed by atoms with E-state index < -0.39 is 6.10 Å². The van der Waals surface area contributed by atoms with Crippen molar-refractivity contribution in [3.8, 4) is 11.5 Å². The van der Waals surface area contributed by atoms with Crippen molar-refractivity contribution in [3.05, 3.63) is 24.3 Å². The summed E-state index contributed by atoms with van der Waals surface area (Å²) in [6, 6.07) is 7.11. The van der Waals surface area contributed by atoms with Crippen molar-refractivity contribution in [2.24, 2.45) is 5.92 Å². The molecule has 6 nitrogen and oxygen atoms in total. The highest BCUT2D eigenvalue weighted by atomic mass is 16.5. The van der Waals surface area contributed by atoms with Crippen LogP contribution in [0.25, 0.3) is 0 Å². The summed E-state index contributed by atoms with van der Waals surface area (Å²) in [5.41, 5.74) is 0. The number of benzene rings is 1. The highest BCUT2D eigenvalue weighted by Gasteiger charge is 2.30. The standard InChI is InChI=1S/C17H23NO5/c1-12(23-15-6-4-14(21-2)5-7-15)16(19)18-10-8-13(9-11-18)17(20)22-3/h4-7,12-13H,8-11H2,1-3H3/t12-/m1/s1. The molecule has 0 spiro atoms. The molecule has 0 N–H and O–H groups in total. The highest BCUT2D eigenvalue weighted by molar-refractivity contribution is 5.81. The van der Waals surface area contributed by atoms with E-state index in [1.54, 1.807) is 43.2 Å². The number of amides is 1. The van der Waals surface area contributed by atoms with E-state index in [9.17, 15) is 9.59 Å². The van der Waals surface area contributed by atoms with Gasteiger partial charge in [-0.05, 0) is 44.0 Å². The van der Waals surface area contributed by atoms with Gasteiger partial charge in [0.25, 0.3) is 5.91 Å². The fourth-order valence-corrected chi connectivity index (χ4v) is 2.67. The number of hydrogen-bond donors (Lipinski definition) is 0. The molecule has 1 aromatic rings. The van der Waals surface area contributed by atoms with E-state index in [4.69, 9.17) is 14.2 Å². The summed E-state index contributed by atoms with van der Waals surface area (Å²) in [6.07, 6.45) is 0.694. The second kappa shape index (κ2) is 7.85. The first-order valence-electron chi connectivity index (χ1n) is 7.72. The Labute approximate surface area is 136 Å². The van der Waals surface area contributed by atoms with Crippen LogP contribution in [0.2, 0.25) is 0 Å². The van der Waals surface area contributed by atoms with Gasteiger partial charge in [-0.15, -0.1) is 0 Å². The van der Waals surface area contributed by atoms with Crippen LogP contribution in [0.1, 0.15) is 19.8 Å². The minimum Gasteiger partial charge on any atom is -0.497 e. The van der Waals surface area contributed by atoms with Gasteiger partial charge in [-0.1, -0.05) is 0 Å². The van der Waals surface area contributed by atoms with Gasteiger partial charge >= 0.3 is 5.97 Å². The molecule has 0 aromatic heterocycles. The molecule has 1 heterocycles. The quantitative estimate of drug-likeness (QED) is 0.775. The minimum absolute atomic E-state index is 0.0656. The highest BCUT2D eigenvalue weighted by Crippen LogP contribution is 2.21. The van der Waals surface area contributed by atoms with Gasteiger partial charge in [0.15, 0.2) is 6.10 Å². The largest absolute Gasteiger partial charge is 0.497 e. The number of carbonyl (C=O) groups excluding carboxylic acids is 2. The third kappa shape index (κ3) is 4.37. The molecule has 23 heavy (non-hydrogen) atoms. The molecular weight excluding hydrogens is 298 g/mol. The molecule has 1 aliphatic heterocycles. The van der Waals surface area contributed by atoms with Crippen LogP contribution in [-0.2, 0) is 14.3 Å². The van der Waals surface area contributed by atoms with Crippen LogP contribution in [-0.4, -0.2) is 50.2 Å². The molecule has 0 bridgehead atoms. The van der Waals surface area contributed by atoms with Crippen LogP contribution < -0.4 is 9.47 Å². The van der Waals surface area contributed by atoms with Crippen LogP contribution in [0.4, 0.5) is 0 Å². The van der Waals surface area contributed by atoms with Crippen LogP contribution in [0.3, 0.4) is 0 Å². The van der Waals surface area contributed by atoms with Crippen LogP contribution in [0, 0.1) is 5.92 Å². The van der Waals surface area contributed by atoms with E-state index in [1.807, 2.05) is 0 Å². The van der Waals surface area contributed by atoms with Crippen molar-refractivity contribution in [2.75, 3.05) is 27.3 Å². The molecule has 0 radical (unpaired) electrons. The molecule has 2 rings (SSSR count). The average molecular weight is 321 g/mol. The number of carbonyl (C=O) groups is 2. The predicted molar refractivity (Wildman–Crippen MR) is 84.4 cm³/mol. The van der Waals surface area contributed by atoms with E-state index in [1.165, 1.54) is 7.11 Å². The van der Waals surface area contributed by atoms with Crippen LogP contribution >= 0.6 is 0 Å². The third-order valence-corrected chi connectivity index (χ3v) is 4.06. The molecule has 1 amide bonds. The molecule has 0 unspecified atom stereocenters. The number of methoxy groups -OCH3 is 2. The molecule has 1 fully saturated rings.